The first-order valence-electron chi connectivity index (χ1n) is 9.55. The van der Waals surface area contributed by atoms with Gasteiger partial charge in [0.1, 0.15) is 17.3 Å². The quantitative estimate of drug-likeness (QED) is 0.803. The van der Waals surface area contributed by atoms with Gasteiger partial charge >= 0.3 is 0 Å². The number of carbonyl (C=O) groups is 1. The molecule has 2 aromatic rings. The van der Waals surface area contributed by atoms with Crippen LogP contribution in [0.5, 0.6) is 0 Å². The van der Waals surface area contributed by atoms with Crippen LogP contribution in [0.15, 0.2) is 30.3 Å². The molecule has 1 saturated carbocycles. The minimum absolute atomic E-state index is 0.209. The van der Waals surface area contributed by atoms with Gasteiger partial charge in [0.25, 0.3) is 5.91 Å². The summed E-state index contributed by atoms with van der Waals surface area (Å²) in [4.78, 5) is 21.4. The van der Waals surface area contributed by atoms with E-state index in [4.69, 9.17) is 0 Å². The minimum atomic E-state index is -0.209. The number of hydrogen-bond donors (Lipinski definition) is 2. The van der Waals surface area contributed by atoms with Gasteiger partial charge in [-0.05, 0) is 43.4 Å². The maximum Gasteiger partial charge on any atom is 0.274 e. The number of aryl methyl sites for hydroxylation is 1. The summed E-state index contributed by atoms with van der Waals surface area (Å²) in [5.74, 6) is 1.60. The molecule has 5 heteroatoms. The lowest BCUT2D eigenvalue weighted by atomic mass is 9.95. The highest BCUT2D eigenvalue weighted by Gasteiger charge is 2.16. The number of carbonyl (C=O) groups excluding carboxylic acids is 1. The molecule has 1 aliphatic rings. The van der Waals surface area contributed by atoms with Gasteiger partial charge in [-0.1, -0.05) is 45.2 Å². The van der Waals surface area contributed by atoms with E-state index in [1.165, 1.54) is 24.8 Å². The number of hydrogen-bond acceptors (Lipinski definition) is 4. The monoisotopic (exact) mass is 352 g/mol. The molecule has 1 aromatic heterocycles. The van der Waals surface area contributed by atoms with Crippen LogP contribution in [-0.2, 0) is 0 Å². The first kappa shape index (κ1) is 18.4. The molecule has 1 aliphatic carbocycles. The molecule has 0 saturated heterocycles. The van der Waals surface area contributed by atoms with Crippen molar-refractivity contribution in [1.29, 1.82) is 0 Å². The third kappa shape index (κ3) is 4.81. The van der Waals surface area contributed by atoms with E-state index in [1.807, 2.05) is 31.2 Å². The molecule has 2 N–H and O–H groups in total. The molecule has 26 heavy (non-hydrogen) atoms. The average Bonchev–Trinajstić information content (AvgIpc) is 2.62. The summed E-state index contributed by atoms with van der Waals surface area (Å²) in [7, 11) is 0. The fourth-order valence-corrected chi connectivity index (χ4v) is 3.36. The molecule has 138 valence electrons. The Hall–Kier alpha value is -2.43. The predicted octanol–water partition coefficient (Wildman–Crippen LogP) is 4.91. The Labute approximate surface area is 155 Å². The van der Waals surface area contributed by atoms with Gasteiger partial charge in [0.2, 0.25) is 0 Å². The van der Waals surface area contributed by atoms with Crippen molar-refractivity contribution in [2.24, 2.45) is 0 Å². The SMILES string of the molecule is Cc1nc(NC2CCCCC2)cc(C(=O)Nc2ccc(C(C)C)cc2)n1. The zero-order chi connectivity index (χ0) is 18.5. The summed E-state index contributed by atoms with van der Waals surface area (Å²) < 4.78 is 0. The van der Waals surface area contributed by atoms with Crippen LogP contribution in [0.25, 0.3) is 0 Å². The Balaban J connectivity index is 1.70. The first-order valence-corrected chi connectivity index (χ1v) is 9.55. The van der Waals surface area contributed by atoms with Crippen LogP contribution < -0.4 is 10.6 Å². The van der Waals surface area contributed by atoms with Crippen molar-refractivity contribution in [2.75, 3.05) is 10.6 Å². The molecule has 1 heterocycles. The topological polar surface area (TPSA) is 66.9 Å². The molecule has 3 rings (SSSR count). The van der Waals surface area contributed by atoms with Crippen molar-refractivity contribution in [3.8, 4) is 0 Å². The zero-order valence-corrected chi connectivity index (χ0v) is 15.9. The van der Waals surface area contributed by atoms with E-state index in [2.05, 4.69) is 34.4 Å². The number of anilines is 2. The number of aromatic nitrogens is 2. The Kier molecular flexibility index (Phi) is 5.86. The number of benzene rings is 1. The Morgan fingerprint density at radius 2 is 1.77 bits per heavy atom. The van der Waals surface area contributed by atoms with Gasteiger partial charge in [0, 0.05) is 17.8 Å². The molecule has 1 aromatic carbocycles. The van der Waals surface area contributed by atoms with Crippen molar-refractivity contribution in [2.45, 2.75) is 64.8 Å². The second-order valence-electron chi connectivity index (χ2n) is 7.40. The van der Waals surface area contributed by atoms with E-state index >= 15 is 0 Å². The summed E-state index contributed by atoms with van der Waals surface area (Å²) in [6.07, 6.45) is 6.13. The van der Waals surface area contributed by atoms with Crippen molar-refractivity contribution in [3.63, 3.8) is 0 Å². The van der Waals surface area contributed by atoms with Crippen LogP contribution >= 0.6 is 0 Å². The van der Waals surface area contributed by atoms with Crippen molar-refractivity contribution >= 4 is 17.4 Å². The highest BCUT2D eigenvalue weighted by molar-refractivity contribution is 6.03. The Bertz CT molecular complexity index is 749. The van der Waals surface area contributed by atoms with Crippen LogP contribution in [0.1, 0.15) is 73.7 Å². The molecule has 5 nitrogen and oxygen atoms in total. The van der Waals surface area contributed by atoms with E-state index < -0.39 is 0 Å². The lowest BCUT2D eigenvalue weighted by molar-refractivity contribution is 0.102. The highest BCUT2D eigenvalue weighted by Crippen LogP contribution is 2.22. The summed E-state index contributed by atoms with van der Waals surface area (Å²) in [5, 5.41) is 6.40. The fraction of sp³-hybridized carbons (Fsp3) is 0.476. The molecule has 0 radical (unpaired) electrons. The summed E-state index contributed by atoms with van der Waals surface area (Å²) in [5.41, 5.74) is 2.42. The van der Waals surface area contributed by atoms with E-state index in [9.17, 15) is 4.79 Å². The summed E-state index contributed by atoms with van der Waals surface area (Å²) >= 11 is 0. The lowest BCUT2D eigenvalue weighted by Gasteiger charge is -2.23. The number of nitrogens with one attached hydrogen (secondary N) is 2. The normalized spacial score (nSPS) is 15.1. The molecule has 0 spiro atoms. The van der Waals surface area contributed by atoms with E-state index in [-0.39, 0.29) is 5.91 Å². The second kappa shape index (κ2) is 8.30. The van der Waals surface area contributed by atoms with Crippen LogP contribution in [0, 0.1) is 6.92 Å². The van der Waals surface area contributed by atoms with Crippen LogP contribution in [0.2, 0.25) is 0 Å². The maximum atomic E-state index is 12.6. The molecule has 0 atom stereocenters. The molecular formula is C21H28N4O. The van der Waals surface area contributed by atoms with Gasteiger partial charge < -0.3 is 10.6 Å². The minimum Gasteiger partial charge on any atom is -0.367 e. The number of nitrogens with zero attached hydrogens (tertiary/aromatic N) is 2. The van der Waals surface area contributed by atoms with Gasteiger partial charge in [-0.2, -0.15) is 0 Å². The maximum absolute atomic E-state index is 12.6. The van der Waals surface area contributed by atoms with Gasteiger partial charge in [0.05, 0.1) is 0 Å². The third-order valence-corrected chi connectivity index (χ3v) is 4.86. The van der Waals surface area contributed by atoms with Crippen molar-refractivity contribution in [1.82, 2.24) is 9.97 Å². The zero-order valence-electron chi connectivity index (χ0n) is 15.9. The third-order valence-electron chi connectivity index (χ3n) is 4.86. The van der Waals surface area contributed by atoms with Gasteiger partial charge in [-0.15, -0.1) is 0 Å². The second-order valence-corrected chi connectivity index (χ2v) is 7.40. The molecular weight excluding hydrogens is 324 g/mol. The smallest absolute Gasteiger partial charge is 0.274 e. The lowest BCUT2D eigenvalue weighted by Crippen LogP contribution is -2.24. The largest absolute Gasteiger partial charge is 0.367 e. The van der Waals surface area contributed by atoms with Crippen LogP contribution in [-0.4, -0.2) is 21.9 Å². The summed E-state index contributed by atoms with van der Waals surface area (Å²) in [6, 6.07) is 10.1. The fourth-order valence-electron chi connectivity index (χ4n) is 3.36. The van der Waals surface area contributed by atoms with E-state index in [0.717, 1.165) is 24.3 Å². The predicted molar refractivity (Wildman–Crippen MR) is 106 cm³/mol. The van der Waals surface area contributed by atoms with E-state index in [0.29, 0.717) is 23.5 Å². The number of amides is 1. The molecule has 0 unspecified atom stereocenters. The first-order chi connectivity index (χ1) is 12.5. The summed E-state index contributed by atoms with van der Waals surface area (Å²) in [6.45, 7) is 6.12. The van der Waals surface area contributed by atoms with Crippen molar-refractivity contribution in [3.05, 3.63) is 47.4 Å². The molecule has 0 bridgehead atoms. The standard InChI is InChI=1S/C21H28N4O/c1-14(2)16-9-11-18(12-10-16)25-21(26)19-13-20(23-15(3)22-19)24-17-7-5-4-6-8-17/h9-14,17H,4-8H2,1-3H3,(H,25,26)(H,22,23,24). The van der Waals surface area contributed by atoms with Gasteiger partial charge in [-0.25, -0.2) is 9.97 Å². The Morgan fingerprint density at radius 1 is 1.08 bits per heavy atom. The van der Waals surface area contributed by atoms with Crippen LogP contribution in [0.4, 0.5) is 11.5 Å². The molecule has 1 amide bonds. The van der Waals surface area contributed by atoms with Crippen molar-refractivity contribution < 1.29 is 4.79 Å². The average molecular weight is 352 g/mol. The Morgan fingerprint density at radius 3 is 2.42 bits per heavy atom. The molecule has 1 fully saturated rings. The molecule has 0 aliphatic heterocycles. The van der Waals surface area contributed by atoms with Crippen LogP contribution in [0.3, 0.4) is 0 Å². The van der Waals surface area contributed by atoms with Gasteiger partial charge in [0.15, 0.2) is 0 Å². The number of rotatable bonds is 5. The van der Waals surface area contributed by atoms with E-state index in [1.54, 1.807) is 6.07 Å². The highest BCUT2D eigenvalue weighted by atomic mass is 16.1. The van der Waals surface area contributed by atoms with Gasteiger partial charge in [-0.3, -0.25) is 4.79 Å².